The van der Waals surface area contributed by atoms with Crippen LogP contribution in [0.15, 0.2) is 0 Å². The van der Waals surface area contributed by atoms with Crippen LogP contribution in [0.4, 0.5) is 0 Å². The fourth-order valence-electron chi connectivity index (χ4n) is 5.64. The van der Waals surface area contributed by atoms with Gasteiger partial charge in [0, 0.05) is 19.6 Å². The molecule has 0 rings (SSSR count). The van der Waals surface area contributed by atoms with E-state index in [1.54, 1.807) is 0 Å². The highest BCUT2D eigenvalue weighted by atomic mass is 31.2. The minimum atomic E-state index is -4.26. The number of ether oxygens (including phenoxy) is 2. The summed E-state index contributed by atoms with van der Waals surface area (Å²) in [5.41, 5.74) is 5.34. The first kappa shape index (κ1) is 45.5. The van der Waals surface area contributed by atoms with Gasteiger partial charge in [-0.05, 0) is 12.8 Å². The second-order valence-corrected chi connectivity index (χ2v) is 14.6. The summed E-state index contributed by atoms with van der Waals surface area (Å²) in [5.74, 6) is -0.333. The van der Waals surface area contributed by atoms with E-state index in [1.807, 2.05) is 0 Å². The quantitative estimate of drug-likeness (QED) is 0.0377. The molecule has 0 radical (unpaired) electrons. The first-order valence-electron chi connectivity index (χ1n) is 19.5. The molecule has 0 saturated heterocycles. The maximum atomic E-state index is 12.4. The highest BCUT2D eigenvalue weighted by Crippen LogP contribution is 2.43. The van der Waals surface area contributed by atoms with Crippen molar-refractivity contribution in [1.29, 1.82) is 0 Å². The second kappa shape index (κ2) is 35.8. The number of unbranched alkanes of at least 4 members (excludes halogenated alkanes) is 25. The number of hydrogen-bond acceptors (Lipinski definition) is 7. The van der Waals surface area contributed by atoms with Crippen molar-refractivity contribution in [3.05, 3.63) is 0 Å². The van der Waals surface area contributed by atoms with E-state index in [2.05, 4.69) is 13.8 Å². The van der Waals surface area contributed by atoms with Crippen LogP contribution in [-0.2, 0) is 27.9 Å². The average Bonchev–Trinajstić information content (AvgIpc) is 3.04. The molecule has 0 fully saturated rings. The number of esters is 1. The topological polar surface area (TPSA) is 117 Å². The second-order valence-electron chi connectivity index (χ2n) is 13.2. The molecule has 3 N–H and O–H groups in total. The molecule has 0 aromatic rings. The van der Waals surface area contributed by atoms with E-state index in [-0.39, 0.29) is 32.3 Å². The Kier molecular flexibility index (Phi) is 35.4. The Balaban J connectivity index is 3.86. The van der Waals surface area contributed by atoms with Crippen molar-refractivity contribution in [2.45, 2.75) is 200 Å². The number of carbonyl (C=O) groups is 1. The zero-order chi connectivity index (χ0) is 33.8. The number of carbonyl (C=O) groups excluding carboxylic acids is 1. The number of nitrogens with two attached hydrogens (primary N) is 1. The average molecular weight is 678 g/mol. The van der Waals surface area contributed by atoms with E-state index < -0.39 is 13.9 Å². The molecule has 0 spiro atoms. The van der Waals surface area contributed by atoms with Crippen LogP contribution in [0.25, 0.3) is 0 Å². The van der Waals surface area contributed by atoms with E-state index >= 15 is 0 Å². The third kappa shape index (κ3) is 34.8. The minimum Gasteiger partial charge on any atom is -0.457 e. The molecule has 0 aliphatic rings. The molecule has 2 unspecified atom stereocenters. The Hall–Kier alpha value is -0.500. The van der Waals surface area contributed by atoms with Crippen molar-refractivity contribution in [2.75, 3.05) is 33.0 Å². The molecule has 0 saturated carbocycles. The lowest BCUT2D eigenvalue weighted by Gasteiger charge is -2.20. The molecular formula is C37H76NO7P. The number of rotatable bonds is 38. The molecule has 0 aromatic carbocycles. The Bertz CT molecular complexity index is 682. The van der Waals surface area contributed by atoms with Crippen molar-refractivity contribution < 1.29 is 32.8 Å². The Morgan fingerprint density at radius 1 is 0.565 bits per heavy atom. The monoisotopic (exact) mass is 678 g/mol. The smallest absolute Gasteiger partial charge is 0.457 e. The van der Waals surface area contributed by atoms with E-state index in [0.717, 1.165) is 32.1 Å². The van der Waals surface area contributed by atoms with Gasteiger partial charge in [0.05, 0.1) is 19.8 Å². The molecule has 0 amide bonds. The Morgan fingerprint density at radius 2 is 0.957 bits per heavy atom. The zero-order valence-electron chi connectivity index (χ0n) is 30.3. The summed E-state index contributed by atoms with van der Waals surface area (Å²) >= 11 is 0. The molecule has 2 atom stereocenters. The van der Waals surface area contributed by atoms with Crippen LogP contribution in [0, 0.1) is 0 Å². The fraction of sp³-hybridized carbons (Fsp3) is 0.973. The van der Waals surface area contributed by atoms with Gasteiger partial charge >= 0.3 is 13.8 Å². The maximum Gasteiger partial charge on any atom is 0.472 e. The van der Waals surface area contributed by atoms with Crippen LogP contribution in [0.3, 0.4) is 0 Å². The largest absolute Gasteiger partial charge is 0.472 e. The van der Waals surface area contributed by atoms with E-state index in [9.17, 15) is 14.3 Å². The van der Waals surface area contributed by atoms with Gasteiger partial charge in [-0.15, -0.1) is 0 Å². The standard InChI is InChI=1S/C37H76NO7P/c1-3-5-7-9-11-12-13-14-15-16-17-18-19-20-21-22-23-25-27-29-32-42-34-36(35-44-46(40,41)43-33-31-38)45-37(39)30-28-26-24-10-8-6-4-2/h36H,3-35,38H2,1-2H3,(H,40,41). The summed E-state index contributed by atoms with van der Waals surface area (Å²) in [6.45, 7) is 4.91. The number of hydrogen-bond donors (Lipinski definition) is 2. The first-order valence-corrected chi connectivity index (χ1v) is 21.0. The van der Waals surface area contributed by atoms with Crippen LogP contribution in [-0.4, -0.2) is 49.9 Å². The molecule has 0 bridgehead atoms. The molecule has 0 heterocycles. The van der Waals surface area contributed by atoms with Gasteiger partial charge in [0.15, 0.2) is 0 Å². The van der Waals surface area contributed by atoms with Gasteiger partial charge in [0.25, 0.3) is 0 Å². The van der Waals surface area contributed by atoms with Gasteiger partial charge in [-0.2, -0.15) is 0 Å². The summed E-state index contributed by atoms with van der Waals surface area (Å²) in [6.07, 6.45) is 34.2. The molecule has 46 heavy (non-hydrogen) atoms. The summed E-state index contributed by atoms with van der Waals surface area (Å²) in [4.78, 5) is 22.2. The van der Waals surface area contributed by atoms with Gasteiger partial charge in [0.1, 0.15) is 6.10 Å². The van der Waals surface area contributed by atoms with Crippen LogP contribution in [0.2, 0.25) is 0 Å². The van der Waals surface area contributed by atoms with Crippen molar-refractivity contribution in [3.63, 3.8) is 0 Å². The summed E-state index contributed by atoms with van der Waals surface area (Å²) in [5, 5.41) is 0. The molecule has 276 valence electrons. The van der Waals surface area contributed by atoms with Gasteiger partial charge in [-0.25, -0.2) is 4.57 Å². The number of phosphoric ester groups is 1. The highest BCUT2D eigenvalue weighted by Gasteiger charge is 2.25. The lowest BCUT2D eigenvalue weighted by atomic mass is 10.0. The van der Waals surface area contributed by atoms with E-state index in [0.29, 0.717) is 13.0 Å². The summed E-state index contributed by atoms with van der Waals surface area (Å²) in [7, 11) is -4.26. The van der Waals surface area contributed by atoms with Crippen molar-refractivity contribution in [2.24, 2.45) is 5.73 Å². The SMILES string of the molecule is CCCCCCCCCCCCCCCCCCCCCCOCC(COP(=O)(O)OCCN)OC(=O)CCCCCCCCC. The van der Waals surface area contributed by atoms with Crippen LogP contribution >= 0.6 is 7.82 Å². The van der Waals surface area contributed by atoms with E-state index in [4.69, 9.17) is 24.3 Å². The van der Waals surface area contributed by atoms with Gasteiger partial charge < -0.3 is 20.1 Å². The molecule has 9 heteroatoms. The van der Waals surface area contributed by atoms with Gasteiger partial charge in [-0.1, -0.05) is 174 Å². The molecule has 8 nitrogen and oxygen atoms in total. The lowest BCUT2D eigenvalue weighted by molar-refractivity contribution is -0.154. The van der Waals surface area contributed by atoms with E-state index in [1.165, 1.54) is 141 Å². The predicted octanol–water partition coefficient (Wildman–Crippen LogP) is 11.0. The first-order chi connectivity index (χ1) is 22.4. The Morgan fingerprint density at radius 3 is 1.37 bits per heavy atom. The Labute approximate surface area is 284 Å². The van der Waals surface area contributed by atoms with Gasteiger partial charge in [-0.3, -0.25) is 13.8 Å². The number of phosphoric acid groups is 1. The third-order valence-corrected chi connectivity index (χ3v) is 9.51. The molecular weight excluding hydrogens is 601 g/mol. The summed E-state index contributed by atoms with van der Waals surface area (Å²) in [6, 6.07) is 0. The normalized spacial score (nSPS) is 13.6. The fourth-order valence-corrected chi connectivity index (χ4v) is 6.41. The predicted molar refractivity (Wildman–Crippen MR) is 192 cm³/mol. The molecule has 0 aromatic heterocycles. The minimum absolute atomic E-state index is 0.0908. The molecule has 0 aliphatic carbocycles. The maximum absolute atomic E-state index is 12.4. The van der Waals surface area contributed by atoms with Gasteiger partial charge in [0.2, 0.25) is 0 Å². The third-order valence-electron chi connectivity index (χ3n) is 8.52. The van der Waals surface area contributed by atoms with Crippen LogP contribution in [0.5, 0.6) is 0 Å². The van der Waals surface area contributed by atoms with Crippen molar-refractivity contribution in [1.82, 2.24) is 0 Å². The lowest BCUT2D eigenvalue weighted by Crippen LogP contribution is -2.28. The van der Waals surface area contributed by atoms with Crippen LogP contribution in [0.1, 0.15) is 194 Å². The molecule has 0 aliphatic heterocycles. The van der Waals surface area contributed by atoms with Crippen molar-refractivity contribution >= 4 is 13.8 Å². The van der Waals surface area contributed by atoms with Crippen molar-refractivity contribution in [3.8, 4) is 0 Å². The summed E-state index contributed by atoms with van der Waals surface area (Å²) < 4.78 is 33.2. The zero-order valence-corrected chi connectivity index (χ0v) is 31.2. The van der Waals surface area contributed by atoms with Crippen LogP contribution < -0.4 is 5.73 Å². The highest BCUT2D eigenvalue weighted by molar-refractivity contribution is 7.47.